The van der Waals surface area contributed by atoms with Crippen molar-refractivity contribution < 1.29 is 13.9 Å². The normalized spacial score (nSPS) is 10.9. The van der Waals surface area contributed by atoms with E-state index in [9.17, 15) is 4.79 Å². The van der Waals surface area contributed by atoms with Crippen molar-refractivity contribution in [2.45, 2.75) is 39.2 Å². The highest BCUT2D eigenvalue weighted by atomic mass is 16.5. The van der Waals surface area contributed by atoms with Gasteiger partial charge in [0, 0.05) is 24.1 Å². The predicted octanol–water partition coefficient (Wildman–Crippen LogP) is 6.03. The Morgan fingerprint density at radius 3 is 2.29 bits per heavy atom. The first-order valence-electron chi connectivity index (χ1n) is 11.4. The van der Waals surface area contributed by atoms with Gasteiger partial charge in [-0.05, 0) is 53.4 Å². The first kappa shape index (κ1) is 23.2. The molecule has 0 unspecified atom stereocenters. The van der Waals surface area contributed by atoms with Gasteiger partial charge in [0.1, 0.15) is 5.75 Å². The zero-order valence-electron chi connectivity index (χ0n) is 19.8. The molecule has 0 aliphatic heterocycles. The average molecular weight is 456 g/mol. The molecule has 0 N–H and O–H groups in total. The number of amides is 1. The number of hydrogen-bond donors (Lipinski definition) is 0. The van der Waals surface area contributed by atoms with Crippen molar-refractivity contribution in [2.75, 3.05) is 12.0 Å². The molecule has 4 rings (SSSR count). The van der Waals surface area contributed by atoms with Crippen LogP contribution in [0.25, 0.3) is 11.5 Å². The topological polar surface area (TPSA) is 68.5 Å². The van der Waals surface area contributed by atoms with Crippen LogP contribution >= 0.6 is 0 Å². The van der Waals surface area contributed by atoms with E-state index in [1.54, 1.807) is 12.0 Å². The van der Waals surface area contributed by atoms with Gasteiger partial charge >= 0.3 is 0 Å². The third kappa shape index (κ3) is 5.70. The van der Waals surface area contributed by atoms with Gasteiger partial charge in [-0.1, -0.05) is 56.3 Å². The highest BCUT2D eigenvalue weighted by molar-refractivity contribution is 5.93. The number of benzene rings is 3. The van der Waals surface area contributed by atoms with E-state index < -0.39 is 0 Å². The maximum Gasteiger partial charge on any atom is 0.247 e. The largest absolute Gasteiger partial charge is 0.497 e. The van der Waals surface area contributed by atoms with E-state index in [1.807, 2.05) is 54.6 Å². The van der Waals surface area contributed by atoms with E-state index in [1.165, 1.54) is 5.56 Å². The lowest BCUT2D eigenvalue weighted by Gasteiger charge is -2.23. The third-order valence-corrected chi connectivity index (χ3v) is 5.71. The van der Waals surface area contributed by atoms with E-state index in [-0.39, 0.29) is 12.3 Å². The number of anilines is 1. The second-order valence-corrected chi connectivity index (χ2v) is 8.44. The van der Waals surface area contributed by atoms with Gasteiger partial charge in [0.15, 0.2) is 0 Å². The second kappa shape index (κ2) is 10.8. The van der Waals surface area contributed by atoms with Crippen LogP contribution in [0.5, 0.6) is 5.75 Å². The molecular weight excluding hydrogens is 426 g/mol. The number of ether oxygens (including phenoxy) is 1. The maximum atomic E-state index is 13.3. The summed E-state index contributed by atoms with van der Waals surface area (Å²) in [5, 5.41) is 8.25. The van der Waals surface area contributed by atoms with Crippen LogP contribution in [0.4, 0.5) is 5.69 Å². The number of aryl methyl sites for hydroxylation is 1. The minimum Gasteiger partial charge on any atom is -0.497 e. The molecule has 174 valence electrons. The summed E-state index contributed by atoms with van der Waals surface area (Å²) in [6.45, 7) is 4.81. The number of methoxy groups -OCH3 is 1. The molecule has 6 heteroatoms. The van der Waals surface area contributed by atoms with Crippen molar-refractivity contribution in [3.05, 3.63) is 95.9 Å². The Bertz CT molecular complexity index is 1200. The molecule has 1 aromatic heterocycles. The summed E-state index contributed by atoms with van der Waals surface area (Å²) < 4.78 is 11.1. The van der Waals surface area contributed by atoms with Gasteiger partial charge in [0.25, 0.3) is 0 Å². The molecule has 34 heavy (non-hydrogen) atoms. The van der Waals surface area contributed by atoms with Gasteiger partial charge in [-0.3, -0.25) is 4.79 Å². The fraction of sp³-hybridized carbons (Fsp3) is 0.250. The summed E-state index contributed by atoms with van der Waals surface area (Å²) >= 11 is 0. The lowest BCUT2D eigenvalue weighted by molar-refractivity contribution is -0.118. The molecule has 0 spiro atoms. The van der Waals surface area contributed by atoms with Crippen LogP contribution in [-0.4, -0.2) is 23.2 Å². The van der Waals surface area contributed by atoms with Gasteiger partial charge in [0.05, 0.1) is 13.7 Å². The fourth-order valence-electron chi connectivity index (χ4n) is 3.68. The molecule has 1 heterocycles. The van der Waals surface area contributed by atoms with Crippen molar-refractivity contribution in [1.82, 2.24) is 10.2 Å². The molecule has 0 radical (unpaired) electrons. The monoisotopic (exact) mass is 455 g/mol. The van der Waals surface area contributed by atoms with E-state index in [4.69, 9.17) is 9.15 Å². The number of rotatable bonds is 9. The van der Waals surface area contributed by atoms with Crippen molar-refractivity contribution in [1.29, 1.82) is 0 Å². The lowest BCUT2D eigenvalue weighted by atomic mass is 10.0. The van der Waals surface area contributed by atoms with Crippen LogP contribution in [-0.2, 0) is 17.8 Å². The standard InChI is InChI=1S/C28H29N3O3/c1-20(2)22-11-9-21(10-12-22)19-31(24-13-15-25(33-3)16-14-24)27(32)18-17-26-29-30-28(34-26)23-7-5-4-6-8-23/h4-16,20H,17-19H2,1-3H3. The van der Waals surface area contributed by atoms with Gasteiger partial charge in [-0.2, -0.15) is 0 Å². The minimum atomic E-state index is -0.0161. The summed E-state index contributed by atoms with van der Waals surface area (Å²) in [6.07, 6.45) is 0.629. The summed E-state index contributed by atoms with van der Waals surface area (Å²) in [6, 6.07) is 25.6. The summed E-state index contributed by atoms with van der Waals surface area (Å²) in [5.74, 6) is 2.10. The Hall–Kier alpha value is -3.93. The van der Waals surface area contributed by atoms with Crippen LogP contribution in [0.3, 0.4) is 0 Å². The van der Waals surface area contributed by atoms with Gasteiger partial charge in [-0.25, -0.2) is 0 Å². The van der Waals surface area contributed by atoms with Crippen LogP contribution in [0.15, 0.2) is 83.3 Å². The van der Waals surface area contributed by atoms with Crippen molar-refractivity contribution in [3.8, 4) is 17.2 Å². The number of carbonyl (C=O) groups excluding carboxylic acids is 1. The molecule has 0 saturated carbocycles. The van der Waals surface area contributed by atoms with E-state index in [2.05, 4.69) is 48.3 Å². The quantitative estimate of drug-likeness (QED) is 0.308. The van der Waals surface area contributed by atoms with E-state index >= 15 is 0 Å². The molecule has 0 bridgehead atoms. The Kier molecular flexibility index (Phi) is 7.38. The van der Waals surface area contributed by atoms with Crippen LogP contribution in [0.1, 0.15) is 43.2 Å². The zero-order valence-corrected chi connectivity index (χ0v) is 19.8. The van der Waals surface area contributed by atoms with Crippen LogP contribution < -0.4 is 9.64 Å². The van der Waals surface area contributed by atoms with Crippen LogP contribution in [0, 0.1) is 0 Å². The minimum absolute atomic E-state index is 0.0161. The lowest BCUT2D eigenvalue weighted by Crippen LogP contribution is -2.30. The summed E-state index contributed by atoms with van der Waals surface area (Å²) in [7, 11) is 1.63. The number of aromatic nitrogens is 2. The van der Waals surface area contributed by atoms with Crippen molar-refractivity contribution in [3.63, 3.8) is 0 Å². The van der Waals surface area contributed by atoms with Gasteiger partial charge < -0.3 is 14.1 Å². The summed E-state index contributed by atoms with van der Waals surface area (Å²) in [5.41, 5.74) is 4.01. The molecule has 1 amide bonds. The molecule has 4 aromatic rings. The van der Waals surface area contributed by atoms with Gasteiger partial charge in [-0.15, -0.1) is 10.2 Å². The summed E-state index contributed by atoms with van der Waals surface area (Å²) in [4.78, 5) is 15.1. The zero-order chi connectivity index (χ0) is 23.9. The van der Waals surface area contributed by atoms with Gasteiger partial charge in [0.2, 0.25) is 17.7 Å². The molecule has 0 fully saturated rings. The first-order valence-corrected chi connectivity index (χ1v) is 11.4. The Morgan fingerprint density at radius 1 is 0.941 bits per heavy atom. The number of hydrogen-bond acceptors (Lipinski definition) is 5. The molecule has 6 nitrogen and oxygen atoms in total. The number of carbonyl (C=O) groups is 1. The molecule has 3 aromatic carbocycles. The van der Waals surface area contributed by atoms with Crippen molar-refractivity contribution >= 4 is 11.6 Å². The maximum absolute atomic E-state index is 13.3. The van der Waals surface area contributed by atoms with E-state index in [0.29, 0.717) is 30.7 Å². The SMILES string of the molecule is COc1ccc(N(Cc2ccc(C(C)C)cc2)C(=O)CCc2nnc(-c3ccccc3)o2)cc1. The number of nitrogens with zero attached hydrogens (tertiary/aromatic N) is 3. The predicted molar refractivity (Wildman–Crippen MR) is 133 cm³/mol. The van der Waals surface area contributed by atoms with Crippen LogP contribution in [0.2, 0.25) is 0 Å². The highest BCUT2D eigenvalue weighted by Gasteiger charge is 2.18. The third-order valence-electron chi connectivity index (χ3n) is 5.71. The second-order valence-electron chi connectivity index (χ2n) is 8.44. The molecule has 0 saturated heterocycles. The highest BCUT2D eigenvalue weighted by Crippen LogP contribution is 2.24. The smallest absolute Gasteiger partial charge is 0.247 e. The molecule has 0 aliphatic rings. The Balaban J connectivity index is 1.49. The Morgan fingerprint density at radius 2 is 1.65 bits per heavy atom. The van der Waals surface area contributed by atoms with E-state index in [0.717, 1.165) is 22.6 Å². The fourth-order valence-corrected chi connectivity index (χ4v) is 3.68. The Labute approximate surface area is 200 Å². The average Bonchev–Trinajstić information content (AvgIpc) is 3.36. The first-order chi connectivity index (χ1) is 16.5. The molecule has 0 atom stereocenters. The van der Waals surface area contributed by atoms with Crippen molar-refractivity contribution in [2.24, 2.45) is 0 Å². The molecular formula is C28H29N3O3. The molecule has 0 aliphatic carbocycles.